The minimum absolute atomic E-state index is 0.105. The number of likely N-dealkylation sites (N-methyl/N-ethyl adjacent to an activating group) is 1. The highest BCUT2D eigenvalue weighted by Gasteiger charge is 2.23. The maximum absolute atomic E-state index is 12.7. The first kappa shape index (κ1) is 19.6. The monoisotopic (exact) mass is 407 g/mol. The highest BCUT2D eigenvalue weighted by Crippen LogP contribution is 2.24. The molecular weight excluding hydrogens is 386 g/mol. The number of amides is 1. The summed E-state index contributed by atoms with van der Waals surface area (Å²) in [4.78, 5) is 35.9. The van der Waals surface area contributed by atoms with Crippen LogP contribution < -0.4 is 5.32 Å². The van der Waals surface area contributed by atoms with Gasteiger partial charge in [0.15, 0.2) is 11.5 Å². The van der Waals surface area contributed by atoms with Gasteiger partial charge in [-0.1, -0.05) is 0 Å². The molecule has 0 spiro atoms. The van der Waals surface area contributed by atoms with Crippen molar-refractivity contribution in [1.82, 2.24) is 29.6 Å². The summed E-state index contributed by atoms with van der Waals surface area (Å²) >= 11 is 0. The van der Waals surface area contributed by atoms with Gasteiger partial charge in [0.25, 0.3) is 5.91 Å². The lowest BCUT2D eigenvalue weighted by atomic mass is 10.0. The molecule has 0 atom stereocenters. The Morgan fingerprint density at radius 3 is 2.83 bits per heavy atom. The van der Waals surface area contributed by atoms with Gasteiger partial charge in [-0.25, -0.2) is 14.8 Å². The van der Waals surface area contributed by atoms with Crippen LogP contribution in [0.2, 0.25) is 0 Å². The van der Waals surface area contributed by atoms with Crippen molar-refractivity contribution >= 4 is 17.7 Å². The SMILES string of the molecule is CCOC(=O)c1cc2c(nc1NC(=O)c1ccc(-n3ccnc3)nn1)CCN(C)C2. The number of imidazole rings is 1. The van der Waals surface area contributed by atoms with Gasteiger partial charge in [0.1, 0.15) is 17.7 Å². The van der Waals surface area contributed by atoms with Crippen LogP contribution in [0.25, 0.3) is 5.82 Å². The Kier molecular flexibility index (Phi) is 5.48. The van der Waals surface area contributed by atoms with Crippen molar-refractivity contribution in [1.29, 1.82) is 0 Å². The Bertz CT molecular complexity index is 1060. The van der Waals surface area contributed by atoms with Crippen LogP contribution >= 0.6 is 0 Å². The molecule has 1 aliphatic rings. The zero-order valence-electron chi connectivity index (χ0n) is 16.7. The van der Waals surface area contributed by atoms with Gasteiger partial charge in [0.2, 0.25) is 0 Å². The van der Waals surface area contributed by atoms with Crippen molar-refractivity contribution < 1.29 is 14.3 Å². The lowest BCUT2D eigenvalue weighted by molar-refractivity contribution is 0.0527. The molecule has 3 aromatic rings. The van der Waals surface area contributed by atoms with Crippen molar-refractivity contribution in [3.05, 3.63) is 59.4 Å². The Labute approximate surface area is 172 Å². The van der Waals surface area contributed by atoms with Gasteiger partial charge in [-0.15, -0.1) is 10.2 Å². The van der Waals surface area contributed by atoms with Crippen LogP contribution in [0, 0.1) is 0 Å². The highest BCUT2D eigenvalue weighted by molar-refractivity contribution is 6.06. The summed E-state index contributed by atoms with van der Waals surface area (Å²) in [5.41, 5.74) is 2.14. The Morgan fingerprint density at radius 1 is 1.27 bits per heavy atom. The fourth-order valence-corrected chi connectivity index (χ4v) is 3.22. The number of anilines is 1. The van der Waals surface area contributed by atoms with Crippen molar-refractivity contribution in [2.45, 2.75) is 19.9 Å². The summed E-state index contributed by atoms with van der Waals surface area (Å²) in [6, 6.07) is 4.96. The molecule has 154 valence electrons. The van der Waals surface area contributed by atoms with E-state index in [-0.39, 0.29) is 23.7 Å². The van der Waals surface area contributed by atoms with Crippen LogP contribution in [0.4, 0.5) is 5.82 Å². The molecule has 0 fully saturated rings. The van der Waals surface area contributed by atoms with Crippen molar-refractivity contribution in [3.63, 3.8) is 0 Å². The maximum Gasteiger partial charge on any atom is 0.341 e. The summed E-state index contributed by atoms with van der Waals surface area (Å²) in [6.07, 6.45) is 5.67. The molecule has 0 aliphatic carbocycles. The fraction of sp³-hybridized carbons (Fsp3) is 0.300. The van der Waals surface area contributed by atoms with E-state index in [9.17, 15) is 9.59 Å². The quantitative estimate of drug-likeness (QED) is 0.633. The topological polar surface area (TPSA) is 115 Å². The number of hydrogen-bond donors (Lipinski definition) is 1. The number of nitrogens with zero attached hydrogens (tertiary/aromatic N) is 6. The normalized spacial score (nSPS) is 13.5. The second-order valence-electron chi connectivity index (χ2n) is 6.90. The number of ether oxygens (including phenoxy) is 1. The van der Waals surface area contributed by atoms with E-state index in [1.54, 1.807) is 48.4 Å². The van der Waals surface area contributed by atoms with Gasteiger partial charge in [0.05, 0.1) is 6.61 Å². The van der Waals surface area contributed by atoms with Gasteiger partial charge in [0, 0.05) is 37.6 Å². The molecule has 1 N–H and O–H groups in total. The van der Waals surface area contributed by atoms with Crippen LogP contribution in [0.5, 0.6) is 0 Å². The van der Waals surface area contributed by atoms with E-state index in [1.165, 1.54) is 0 Å². The summed E-state index contributed by atoms with van der Waals surface area (Å²) in [5, 5.41) is 10.7. The number of hydrogen-bond acceptors (Lipinski definition) is 8. The van der Waals surface area contributed by atoms with Crippen LogP contribution in [0.3, 0.4) is 0 Å². The summed E-state index contributed by atoms with van der Waals surface area (Å²) in [6.45, 7) is 3.50. The molecule has 0 saturated carbocycles. The number of carbonyl (C=O) groups excluding carboxylic acids is 2. The zero-order chi connectivity index (χ0) is 21.1. The molecule has 3 aromatic heterocycles. The summed E-state index contributed by atoms with van der Waals surface area (Å²) in [5.74, 6) is -0.335. The number of fused-ring (bicyclic) bond motifs is 1. The van der Waals surface area contributed by atoms with Crippen molar-refractivity contribution in [3.8, 4) is 5.82 Å². The Balaban J connectivity index is 1.61. The summed E-state index contributed by atoms with van der Waals surface area (Å²) in [7, 11) is 2.01. The molecule has 4 heterocycles. The molecule has 10 nitrogen and oxygen atoms in total. The predicted octanol–water partition coefficient (Wildman–Crippen LogP) is 1.47. The number of pyridine rings is 1. The van der Waals surface area contributed by atoms with Crippen LogP contribution in [0.1, 0.15) is 39.0 Å². The minimum atomic E-state index is -0.530. The number of aromatic nitrogens is 5. The third-order valence-electron chi connectivity index (χ3n) is 4.74. The van der Waals surface area contributed by atoms with Crippen LogP contribution in [-0.2, 0) is 17.7 Å². The molecule has 0 bridgehead atoms. The number of carbonyl (C=O) groups is 2. The third kappa shape index (κ3) is 4.03. The molecule has 0 radical (unpaired) electrons. The molecule has 0 unspecified atom stereocenters. The lowest BCUT2D eigenvalue weighted by Gasteiger charge is -2.25. The number of esters is 1. The molecule has 30 heavy (non-hydrogen) atoms. The smallest absolute Gasteiger partial charge is 0.341 e. The van der Waals surface area contributed by atoms with E-state index < -0.39 is 11.9 Å². The molecule has 4 rings (SSSR count). The van der Waals surface area contributed by atoms with E-state index in [0.717, 1.165) is 24.2 Å². The fourth-order valence-electron chi connectivity index (χ4n) is 3.22. The molecule has 1 amide bonds. The number of nitrogens with one attached hydrogen (secondary N) is 1. The largest absolute Gasteiger partial charge is 0.462 e. The average Bonchev–Trinajstić information content (AvgIpc) is 3.28. The van der Waals surface area contributed by atoms with Gasteiger partial charge >= 0.3 is 5.97 Å². The lowest BCUT2D eigenvalue weighted by Crippen LogP contribution is -2.29. The molecular formula is C20H21N7O3. The third-order valence-corrected chi connectivity index (χ3v) is 4.74. The average molecular weight is 407 g/mol. The first-order valence-electron chi connectivity index (χ1n) is 9.57. The van der Waals surface area contributed by atoms with Gasteiger partial charge in [-0.3, -0.25) is 9.36 Å². The second-order valence-corrected chi connectivity index (χ2v) is 6.90. The molecule has 10 heteroatoms. The van der Waals surface area contributed by atoms with Crippen LogP contribution in [-0.4, -0.2) is 61.7 Å². The van der Waals surface area contributed by atoms with E-state index in [4.69, 9.17) is 4.74 Å². The van der Waals surface area contributed by atoms with E-state index in [0.29, 0.717) is 12.4 Å². The Morgan fingerprint density at radius 2 is 2.13 bits per heavy atom. The minimum Gasteiger partial charge on any atom is -0.462 e. The first-order valence-corrected chi connectivity index (χ1v) is 9.57. The van der Waals surface area contributed by atoms with E-state index >= 15 is 0 Å². The maximum atomic E-state index is 12.7. The first-order chi connectivity index (χ1) is 14.5. The van der Waals surface area contributed by atoms with Gasteiger partial charge in [-0.05, 0) is 37.7 Å². The standard InChI is InChI=1S/C20H21N7O3/c1-3-30-20(29)14-10-13-11-26(2)8-6-15(13)22-18(14)23-19(28)16-4-5-17(25-24-16)27-9-7-21-12-27/h4-5,7,9-10,12H,3,6,8,11H2,1-2H3,(H,22,23,28). The van der Waals surface area contributed by atoms with Gasteiger partial charge in [-0.2, -0.15) is 0 Å². The van der Waals surface area contributed by atoms with Crippen LogP contribution in [0.15, 0.2) is 36.9 Å². The molecule has 1 aliphatic heterocycles. The highest BCUT2D eigenvalue weighted by atomic mass is 16.5. The van der Waals surface area contributed by atoms with E-state index in [2.05, 4.69) is 30.4 Å². The Hall–Kier alpha value is -3.66. The van der Waals surface area contributed by atoms with Crippen molar-refractivity contribution in [2.75, 3.05) is 25.5 Å². The molecule has 0 aromatic carbocycles. The second kappa shape index (κ2) is 8.37. The van der Waals surface area contributed by atoms with Gasteiger partial charge < -0.3 is 15.0 Å². The predicted molar refractivity (Wildman–Crippen MR) is 107 cm³/mol. The number of rotatable bonds is 5. The summed E-state index contributed by atoms with van der Waals surface area (Å²) < 4.78 is 6.83. The molecule has 0 saturated heterocycles. The van der Waals surface area contributed by atoms with Crippen molar-refractivity contribution in [2.24, 2.45) is 0 Å². The zero-order valence-corrected chi connectivity index (χ0v) is 16.7. The van der Waals surface area contributed by atoms with E-state index in [1.807, 2.05) is 7.05 Å².